The van der Waals surface area contributed by atoms with Gasteiger partial charge in [-0.1, -0.05) is 71.4 Å². The Morgan fingerprint density at radius 3 is 2.09 bits per heavy atom. The van der Waals surface area contributed by atoms with E-state index in [1.54, 1.807) is 24.1 Å². The lowest BCUT2D eigenvalue weighted by atomic mass is 9.82. The standard InChI is InChI=1S/C59H78F2N6O12S2/c1-37(2)44(31-42(68)17-11-8-13-26-66-52(72)23-24-53(66)73)56(75)63-38(3)50(70)18-12-14-27-67(54(74)36-80-28-25-51(71)64-48(58(78)79)22-20-43(69)34-81-35-47(62)57(76)77)55(59(4,5)6)49-29-40(45-30-41(60)19-21-46(45)61)33-65(49)32-39-15-9-7-10-16-39/h7,9-10,15-16,19,21,23-24,29-30,33,37-38,44,47-48,55H,8,11-14,17-18,20,22,25-28,31-32,34-36,62H2,1-6H3,(H,63,75)(H,64,71)(H,76,77)(H,78,79)/t38-,44-,47-,48+,55-/m0/s1. The largest absolute Gasteiger partial charge is 0.480 e. The summed E-state index contributed by atoms with van der Waals surface area (Å²) >= 11 is 2.16. The third-order valence-corrected chi connectivity index (χ3v) is 15.8. The number of thioether (sulfide) groups is 2. The number of nitrogens with zero attached hydrogens (tertiary/aromatic N) is 3. The number of hydrogen-bond donors (Lipinski definition) is 5. The SMILES string of the molecule is CC(C)[C@H](CC(=O)CCCCCN1C(=O)C=CC1=O)C(=O)N[C@@H](C)C(=O)CCCCN(C(=O)CSCCC(=O)N[C@H](CCC(=O)CSC[C@H](N)C(=O)O)C(=O)O)[C@@H](c1cc(-c2cc(F)ccc2F)cn1Cc1ccccc1)C(C)(C)C. The minimum atomic E-state index is -1.37. The molecule has 5 atom stereocenters. The van der Waals surface area contributed by atoms with Crippen LogP contribution in [0.1, 0.15) is 129 Å². The highest BCUT2D eigenvalue weighted by Gasteiger charge is 2.38. The van der Waals surface area contributed by atoms with Gasteiger partial charge in [-0.05, 0) is 80.2 Å². The minimum absolute atomic E-state index is 0.00820. The predicted octanol–water partition coefficient (Wildman–Crippen LogP) is 7.55. The molecular weight excluding hydrogens is 1090 g/mol. The number of halogens is 2. The van der Waals surface area contributed by atoms with Crippen molar-refractivity contribution in [3.05, 3.63) is 95.8 Å². The maximum absolute atomic E-state index is 15.5. The summed E-state index contributed by atoms with van der Waals surface area (Å²) in [5.74, 6) is -7.60. The predicted molar refractivity (Wildman–Crippen MR) is 307 cm³/mol. The highest BCUT2D eigenvalue weighted by Crippen LogP contribution is 2.42. The van der Waals surface area contributed by atoms with E-state index in [9.17, 15) is 57.4 Å². The zero-order chi connectivity index (χ0) is 60.0. The number of hydrogen-bond acceptors (Lipinski definition) is 13. The molecule has 4 rings (SSSR count). The number of carboxylic acids is 2. The van der Waals surface area contributed by atoms with Crippen LogP contribution in [0.2, 0.25) is 0 Å². The molecule has 1 aromatic heterocycles. The zero-order valence-corrected chi connectivity index (χ0v) is 48.7. The van der Waals surface area contributed by atoms with Crippen molar-refractivity contribution in [3.8, 4) is 11.1 Å². The summed E-state index contributed by atoms with van der Waals surface area (Å²) in [5.41, 5.74) is 6.72. The number of imide groups is 1. The number of unbranched alkanes of at least 4 members (excludes halogenated alkanes) is 3. The highest BCUT2D eigenvalue weighted by molar-refractivity contribution is 8.00. The molecule has 6 N–H and O–H groups in total. The van der Waals surface area contributed by atoms with Crippen molar-refractivity contribution in [3.63, 3.8) is 0 Å². The van der Waals surface area contributed by atoms with Gasteiger partial charge in [0.05, 0.1) is 23.6 Å². The van der Waals surface area contributed by atoms with E-state index < -0.39 is 70.9 Å². The summed E-state index contributed by atoms with van der Waals surface area (Å²) in [4.78, 5) is 130. The first kappa shape index (κ1) is 67.0. The van der Waals surface area contributed by atoms with E-state index in [0.717, 1.165) is 52.2 Å². The topological polar surface area (TPSA) is 273 Å². The van der Waals surface area contributed by atoms with Crippen LogP contribution in [0.15, 0.2) is 72.9 Å². The number of aliphatic carboxylic acids is 2. The molecule has 0 spiro atoms. The van der Waals surface area contributed by atoms with Crippen molar-refractivity contribution in [1.82, 2.24) is 25.0 Å². The molecule has 2 aromatic carbocycles. The van der Waals surface area contributed by atoms with Gasteiger partial charge in [0.2, 0.25) is 17.7 Å². The monoisotopic (exact) mass is 1160 g/mol. The maximum atomic E-state index is 15.5. The Morgan fingerprint density at radius 2 is 1.44 bits per heavy atom. The summed E-state index contributed by atoms with van der Waals surface area (Å²) in [6, 6.07) is 10.3. The number of amides is 5. The molecule has 0 radical (unpaired) electrons. The van der Waals surface area contributed by atoms with Gasteiger partial charge in [0, 0.05) is 104 Å². The van der Waals surface area contributed by atoms with Crippen LogP contribution in [0.3, 0.4) is 0 Å². The smallest absolute Gasteiger partial charge is 0.326 e. The number of nitrogens with one attached hydrogen (secondary N) is 2. The summed E-state index contributed by atoms with van der Waals surface area (Å²) in [6.07, 6.45) is 6.22. The molecule has 0 saturated heterocycles. The molecule has 3 aromatic rings. The van der Waals surface area contributed by atoms with Crippen LogP contribution in [0.4, 0.5) is 8.78 Å². The van der Waals surface area contributed by atoms with Crippen molar-refractivity contribution < 1.29 is 66.9 Å². The van der Waals surface area contributed by atoms with Gasteiger partial charge in [-0.15, -0.1) is 0 Å². The quantitative estimate of drug-likeness (QED) is 0.0275. The summed E-state index contributed by atoms with van der Waals surface area (Å²) < 4.78 is 32.1. The molecule has 2 heterocycles. The van der Waals surface area contributed by atoms with Gasteiger partial charge in [0.25, 0.3) is 11.8 Å². The molecule has 5 amide bonds. The van der Waals surface area contributed by atoms with Crippen molar-refractivity contribution in [2.24, 2.45) is 23.0 Å². The number of aromatic nitrogens is 1. The minimum Gasteiger partial charge on any atom is -0.480 e. The molecule has 0 saturated carbocycles. The lowest BCUT2D eigenvalue weighted by Gasteiger charge is -2.41. The second-order valence-corrected chi connectivity index (χ2v) is 23.9. The Bertz CT molecular complexity index is 2710. The van der Waals surface area contributed by atoms with Crippen molar-refractivity contribution >= 4 is 82.3 Å². The van der Waals surface area contributed by atoms with Gasteiger partial charge < -0.3 is 36.0 Å². The number of carboxylic acid groups (broad SMARTS) is 2. The highest BCUT2D eigenvalue weighted by atomic mass is 32.2. The fourth-order valence-electron chi connectivity index (χ4n) is 9.29. The van der Waals surface area contributed by atoms with Gasteiger partial charge in [-0.3, -0.25) is 48.1 Å². The number of nitrogens with two attached hydrogens (primary N) is 1. The van der Waals surface area contributed by atoms with E-state index >= 15 is 4.39 Å². The molecule has 0 fully saturated rings. The number of rotatable bonds is 37. The Balaban J connectivity index is 1.46. The molecule has 442 valence electrons. The molecule has 81 heavy (non-hydrogen) atoms. The van der Waals surface area contributed by atoms with Crippen molar-refractivity contribution in [2.45, 2.75) is 143 Å². The van der Waals surface area contributed by atoms with Crippen LogP contribution in [-0.4, -0.2) is 138 Å². The van der Waals surface area contributed by atoms with E-state index in [1.807, 2.05) is 69.5 Å². The summed E-state index contributed by atoms with van der Waals surface area (Å²) in [5, 5.41) is 24.0. The number of carbonyl (C=O) groups excluding carboxylic acids is 8. The Labute approximate surface area is 481 Å². The second-order valence-electron chi connectivity index (χ2n) is 21.8. The van der Waals surface area contributed by atoms with Crippen molar-refractivity contribution in [1.29, 1.82) is 0 Å². The van der Waals surface area contributed by atoms with Crippen LogP contribution >= 0.6 is 23.5 Å². The lowest BCUT2D eigenvalue weighted by molar-refractivity contribution is -0.142. The molecule has 22 heteroatoms. The molecule has 1 aliphatic rings. The average Bonchev–Trinajstić information content (AvgIpc) is 4.00. The molecule has 0 unspecified atom stereocenters. The number of Topliss-reactive ketones (excluding diaryl/α,β-unsaturated/α-hetero) is 3. The lowest BCUT2D eigenvalue weighted by Crippen LogP contribution is -2.44. The van der Waals surface area contributed by atoms with E-state index in [1.165, 1.54) is 12.2 Å². The van der Waals surface area contributed by atoms with Gasteiger partial charge in [-0.25, -0.2) is 13.6 Å². The molecular formula is C59H78F2N6O12S2. The fourth-order valence-corrected chi connectivity index (χ4v) is 11.0. The molecule has 0 aliphatic carbocycles. The van der Waals surface area contributed by atoms with E-state index in [4.69, 9.17) is 10.8 Å². The third-order valence-electron chi connectivity index (χ3n) is 13.8. The van der Waals surface area contributed by atoms with Gasteiger partial charge in [0.1, 0.15) is 35.3 Å². The van der Waals surface area contributed by atoms with Crippen LogP contribution < -0.4 is 16.4 Å². The molecule has 18 nitrogen and oxygen atoms in total. The van der Waals surface area contributed by atoms with Gasteiger partial charge >= 0.3 is 11.9 Å². The second kappa shape index (κ2) is 32.8. The first-order valence-corrected chi connectivity index (χ1v) is 29.6. The Morgan fingerprint density at radius 1 is 0.765 bits per heavy atom. The first-order chi connectivity index (χ1) is 38.3. The first-order valence-electron chi connectivity index (χ1n) is 27.3. The third kappa shape index (κ3) is 22.1. The number of carbonyl (C=O) groups is 10. The summed E-state index contributed by atoms with van der Waals surface area (Å²) in [6.45, 7) is 11.8. The number of ketones is 3. The average molecular weight is 1170 g/mol. The van der Waals surface area contributed by atoms with E-state index in [0.29, 0.717) is 49.9 Å². The summed E-state index contributed by atoms with van der Waals surface area (Å²) in [7, 11) is 0. The van der Waals surface area contributed by atoms with E-state index in [2.05, 4.69) is 10.6 Å². The van der Waals surface area contributed by atoms with Gasteiger partial charge in [0.15, 0.2) is 5.78 Å². The van der Waals surface area contributed by atoms with E-state index in [-0.39, 0.29) is 121 Å². The molecule has 1 aliphatic heterocycles. The maximum Gasteiger partial charge on any atom is 0.326 e. The van der Waals surface area contributed by atoms with Crippen LogP contribution in [0, 0.1) is 28.9 Å². The Hall–Kier alpha value is -6.52. The fraction of sp³-hybridized carbons (Fsp3) is 0.525. The Kier molecular flexibility index (Phi) is 27.1. The van der Waals surface area contributed by atoms with Gasteiger partial charge in [-0.2, -0.15) is 23.5 Å². The molecule has 0 bridgehead atoms. The normalized spacial score (nSPS) is 14.3. The van der Waals surface area contributed by atoms with Crippen molar-refractivity contribution in [2.75, 3.05) is 36.1 Å². The van der Waals surface area contributed by atoms with Crippen LogP contribution in [-0.2, 0) is 54.5 Å². The zero-order valence-electron chi connectivity index (χ0n) is 47.1. The van der Waals surface area contributed by atoms with Crippen LogP contribution in [0.25, 0.3) is 11.1 Å². The number of benzene rings is 2. The van der Waals surface area contributed by atoms with Crippen LogP contribution in [0.5, 0.6) is 0 Å².